The lowest BCUT2D eigenvalue weighted by molar-refractivity contribution is -0.137. The lowest BCUT2D eigenvalue weighted by Crippen LogP contribution is -2.27. The van der Waals surface area contributed by atoms with E-state index < -0.39 is 17.6 Å². The summed E-state index contributed by atoms with van der Waals surface area (Å²) in [6.07, 6.45) is -4.42. The quantitative estimate of drug-likeness (QED) is 0.891. The highest BCUT2D eigenvalue weighted by Crippen LogP contribution is 2.30. The van der Waals surface area contributed by atoms with Crippen LogP contribution in [-0.2, 0) is 6.18 Å². The standard InChI is InChI=1S/C17H14F3N3O2/c18-17(19,20)12-3-5-13(6-4-12)22-15(24)11-1-7-14(8-2-11)23-10-9-21-16(23)25/h1-8H,9-10H2,(H,21,25)(H,22,24). The molecule has 25 heavy (non-hydrogen) atoms. The van der Waals surface area contributed by atoms with E-state index in [0.29, 0.717) is 24.3 Å². The lowest BCUT2D eigenvalue weighted by Gasteiger charge is -2.14. The van der Waals surface area contributed by atoms with E-state index >= 15 is 0 Å². The highest BCUT2D eigenvalue weighted by atomic mass is 19.4. The Morgan fingerprint density at radius 2 is 1.68 bits per heavy atom. The number of benzene rings is 2. The number of alkyl halides is 3. The molecule has 0 aliphatic carbocycles. The number of carbonyl (C=O) groups excluding carboxylic acids is 2. The van der Waals surface area contributed by atoms with Gasteiger partial charge in [-0.2, -0.15) is 13.2 Å². The lowest BCUT2D eigenvalue weighted by atomic mass is 10.1. The largest absolute Gasteiger partial charge is 0.416 e. The molecule has 1 saturated heterocycles. The first-order valence-corrected chi connectivity index (χ1v) is 7.48. The Kier molecular flexibility index (Phi) is 4.35. The van der Waals surface area contributed by atoms with E-state index in [1.165, 1.54) is 12.1 Å². The molecule has 1 aliphatic rings. The number of anilines is 2. The third kappa shape index (κ3) is 3.73. The van der Waals surface area contributed by atoms with Crippen LogP contribution in [-0.4, -0.2) is 25.0 Å². The van der Waals surface area contributed by atoms with Crippen molar-refractivity contribution in [3.05, 3.63) is 59.7 Å². The van der Waals surface area contributed by atoms with Gasteiger partial charge in [0.15, 0.2) is 0 Å². The molecule has 1 heterocycles. The van der Waals surface area contributed by atoms with Crippen LogP contribution in [0.3, 0.4) is 0 Å². The zero-order chi connectivity index (χ0) is 18.0. The van der Waals surface area contributed by atoms with Gasteiger partial charge in [-0.05, 0) is 48.5 Å². The zero-order valence-corrected chi connectivity index (χ0v) is 12.9. The van der Waals surface area contributed by atoms with Crippen molar-refractivity contribution in [2.24, 2.45) is 0 Å². The number of halogens is 3. The summed E-state index contributed by atoms with van der Waals surface area (Å²) in [7, 11) is 0. The number of rotatable bonds is 3. The summed E-state index contributed by atoms with van der Waals surface area (Å²) in [5.74, 6) is -0.447. The van der Waals surface area contributed by atoms with Crippen LogP contribution in [0.1, 0.15) is 15.9 Å². The van der Waals surface area contributed by atoms with Crippen molar-refractivity contribution in [3.63, 3.8) is 0 Å². The van der Waals surface area contributed by atoms with Crippen molar-refractivity contribution < 1.29 is 22.8 Å². The molecule has 0 unspecified atom stereocenters. The van der Waals surface area contributed by atoms with Crippen molar-refractivity contribution >= 4 is 23.3 Å². The molecule has 2 aromatic rings. The fourth-order valence-corrected chi connectivity index (χ4v) is 2.46. The second kappa shape index (κ2) is 6.46. The Labute approximate surface area is 141 Å². The number of hydrogen-bond acceptors (Lipinski definition) is 2. The average Bonchev–Trinajstić information content (AvgIpc) is 3.01. The first-order valence-electron chi connectivity index (χ1n) is 7.48. The molecule has 130 valence electrons. The van der Waals surface area contributed by atoms with E-state index in [1.54, 1.807) is 29.2 Å². The van der Waals surface area contributed by atoms with Gasteiger partial charge >= 0.3 is 12.2 Å². The van der Waals surface area contributed by atoms with Crippen LogP contribution >= 0.6 is 0 Å². The molecule has 0 bridgehead atoms. The molecule has 8 heteroatoms. The normalized spacial score (nSPS) is 14.4. The van der Waals surface area contributed by atoms with Crippen LogP contribution in [0.5, 0.6) is 0 Å². The molecule has 1 aliphatic heterocycles. The van der Waals surface area contributed by atoms with E-state index in [9.17, 15) is 22.8 Å². The monoisotopic (exact) mass is 349 g/mol. The Balaban J connectivity index is 1.68. The van der Waals surface area contributed by atoms with Crippen LogP contribution < -0.4 is 15.5 Å². The number of urea groups is 1. The summed E-state index contributed by atoms with van der Waals surface area (Å²) in [6.45, 7) is 1.12. The van der Waals surface area contributed by atoms with E-state index in [0.717, 1.165) is 12.1 Å². The van der Waals surface area contributed by atoms with Gasteiger partial charge in [0.1, 0.15) is 0 Å². The molecule has 0 spiro atoms. The molecule has 3 rings (SSSR count). The van der Waals surface area contributed by atoms with Crippen molar-refractivity contribution in [1.29, 1.82) is 0 Å². The van der Waals surface area contributed by atoms with Gasteiger partial charge in [0.05, 0.1) is 5.56 Å². The summed E-state index contributed by atoms with van der Waals surface area (Å²) in [5.41, 5.74) is 0.490. The smallest absolute Gasteiger partial charge is 0.336 e. The maximum atomic E-state index is 12.5. The first-order chi connectivity index (χ1) is 11.8. The third-order valence-electron chi connectivity index (χ3n) is 3.77. The summed E-state index contributed by atoms with van der Waals surface area (Å²) in [4.78, 5) is 25.3. The minimum Gasteiger partial charge on any atom is -0.336 e. The summed E-state index contributed by atoms with van der Waals surface area (Å²) in [5, 5.41) is 5.22. The molecular weight excluding hydrogens is 335 g/mol. The van der Waals surface area contributed by atoms with E-state index in [-0.39, 0.29) is 11.7 Å². The highest BCUT2D eigenvalue weighted by Gasteiger charge is 2.30. The van der Waals surface area contributed by atoms with Crippen LogP contribution in [0.15, 0.2) is 48.5 Å². The fraction of sp³-hybridized carbons (Fsp3) is 0.176. The zero-order valence-electron chi connectivity index (χ0n) is 12.9. The maximum absolute atomic E-state index is 12.5. The molecular formula is C17H14F3N3O2. The number of hydrogen-bond donors (Lipinski definition) is 2. The summed E-state index contributed by atoms with van der Waals surface area (Å²) < 4.78 is 37.6. The Hall–Kier alpha value is -3.03. The van der Waals surface area contributed by atoms with Crippen LogP contribution in [0.4, 0.5) is 29.3 Å². The Morgan fingerprint density at radius 1 is 1.04 bits per heavy atom. The second-order valence-corrected chi connectivity index (χ2v) is 5.46. The van der Waals surface area contributed by atoms with Crippen LogP contribution in [0, 0.1) is 0 Å². The number of nitrogens with one attached hydrogen (secondary N) is 2. The maximum Gasteiger partial charge on any atom is 0.416 e. The Bertz CT molecular complexity index is 786. The number of carbonyl (C=O) groups is 2. The van der Waals surface area contributed by atoms with E-state index in [2.05, 4.69) is 10.6 Å². The molecule has 0 radical (unpaired) electrons. The molecule has 1 fully saturated rings. The molecule has 2 aromatic carbocycles. The van der Waals surface area contributed by atoms with Gasteiger partial charge in [0, 0.05) is 30.0 Å². The fourth-order valence-electron chi connectivity index (χ4n) is 2.46. The first kappa shape index (κ1) is 16.8. The molecule has 2 N–H and O–H groups in total. The minimum atomic E-state index is -4.42. The van der Waals surface area contributed by atoms with Gasteiger partial charge in [-0.1, -0.05) is 0 Å². The van der Waals surface area contributed by atoms with Crippen LogP contribution in [0.2, 0.25) is 0 Å². The van der Waals surface area contributed by atoms with Gasteiger partial charge in [-0.15, -0.1) is 0 Å². The van der Waals surface area contributed by atoms with Crippen molar-refractivity contribution in [2.45, 2.75) is 6.18 Å². The Morgan fingerprint density at radius 3 is 2.20 bits per heavy atom. The molecule has 0 atom stereocenters. The topological polar surface area (TPSA) is 61.4 Å². The summed E-state index contributed by atoms with van der Waals surface area (Å²) >= 11 is 0. The van der Waals surface area contributed by atoms with Crippen LogP contribution in [0.25, 0.3) is 0 Å². The van der Waals surface area contributed by atoms with Gasteiger partial charge in [-0.3, -0.25) is 9.69 Å². The predicted octanol–water partition coefficient (Wildman–Crippen LogP) is 3.49. The van der Waals surface area contributed by atoms with Crippen molar-refractivity contribution in [2.75, 3.05) is 23.3 Å². The SMILES string of the molecule is O=C(Nc1ccc(C(F)(F)F)cc1)c1ccc(N2CCNC2=O)cc1. The molecule has 0 aromatic heterocycles. The van der Waals surface area contributed by atoms with Gasteiger partial charge in [0.2, 0.25) is 0 Å². The number of nitrogens with zero attached hydrogens (tertiary/aromatic N) is 1. The van der Waals surface area contributed by atoms with E-state index in [4.69, 9.17) is 0 Å². The average molecular weight is 349 g/mol. The van der Waals surface area contributed by atoms with E-state index in [1.807, 2.05) is 0 Å². The predicted molar refractivity (Wildman–Crippen MR) is 86.6 cm³/mol. The van der Waals surface area contributed by atoms with Gasteiger partial charge in [0.25, 0.3) is 5.91 Å². The summed E-state index contributed by atoms with van der Waals surface area (Å²) in [6, 6.07) is 10.4. The van der Waals surface area contributed by atoms with Gasteiger partial charge < -0.3 is 10.6 Å². The minimum absolute atomic E-state index is 0.193. The second-order valence-electron chi connectivity index (χ2n) is 5.46. The molecule has 5 nitrogen and oxygen atoms in total. The van der Waals surface area contributed by atoms with Crippen molar-refractivity contribution in [3.8, 4) is 0 Å². The molecule has 0 saturated carbocycles. The highest BCUT2D eigenvalue weighted by molar-refractivity contribution is 6.04. The molecule has 3 amide bonds. The van der Waals surface area contributed by atoms with Gasteiger partial charge in [-0.25, -0.2) is 4.79 Å². The van der Waals surface area contributed by atoms with Crippen molar-refractivity contribution in [1.82, 2.24) is 5.32 Å². The third-order valence-corrected chi connectivity index (χ3v) is 3.77. The number of amides is 3.